The molecule has 176 valence electrons. The Morgan fingerprint density at radius 2 is 1.72 bits per heavy atom. The lowest BCUT2D eigenvalue weighted by Crippen LogP contribution is -2.43. The predicted molar refractivity (Wildman–Crippen MR) is 123 cm³/mol. The minimum Gasteiger partial charge on any atom is -0.468 e. The Morgan fingerprint density at radius 3 is 2.31 bits per heavy atom. The summed E-state index contributed by atoms with van der Waals surface area (Å²) in [5.74, 6) is -0.662. The topological polar surface area (TPSA) is 102 Å². The SMILES string of the molecule is COC(=O)[C@H](CCCNC(=O)OC(C)(C)C)N(C)S(=O)(=O)c1ccc(C)c2ccccc12. The summed E-state index contributed by atoms with van der Waals surface area (Å²) in [5.41, 5.74) is 0.337. The van der Waals surface area contributed by atoms with Crippen LogP contribution in [0, 0.1) is 6.92 Å². The average Bonchev–Trinajstić information content (AvgIpc) is 2.71. The van der Waals surface area contributed by atoms with E-state index in [9.17, 15) is 18.0 Å². The number of carbonyl (C=O) groups excluding carboxylic acids is 2. The van der Waals surface area contributed by atoms with Gasteiger partial charge in [-0.1, -0.05) is 30.3 Å². The molecule has 2 aromatic rings. The zero-order valence-electron chi connectivity index (χ0n) is 19.5. The normalized spacial score (nSPS) is 13.1. The van der Waals surface area contributed by atoms with Gasteiger partial charge in [-0.15, -0.1) is 0 Å². The van der Waals surface area contributed by atoms with Crippen LogP contribution in [0.1, 0.15) is 39.2 Å². The summed E-state index contributed by atoms with van der Waals surface area (Å²) in [6.07, 6.45) is -0.0468. The van der Waals surface area contributed by atoms with Gasteiger partial charge in [0.25, 0.3) is 0 Å². The highest BCUT2D eigenvalue weighted by molar-refractivity contribution is 7.89. The fourth-order valence-electron chi connectivity index (χ4n) is 3.35. The van der Waals surface area contributed by atoms with Crippen LogP contribution in [-0.2, 0) is 24.3 Å². The van der Waals surface area contributed by atoms with Crippen molar-refractivity contribution in [1.29, 1.82) is 0 Å². The summed E-state index contributed by atoms with van der Waals surface area (Å²) in [7, 11) is -1.41. The highest BCUT2D eigenvalue weighted by atomic mass is 32.2. The van der Waals surface area contributed by atoms with Crippen LogP contribution in [0.4, 0.5) is 4.79 Å². The second-order valence-corrected chi connectivity index (χ2v) is 10.5. The first kappa shape index (κ1) is 25.6. The van der Waals surface area contributed by atoms with E-state index in [0.717, 1.165) is 15.3 Å². The Morgan fingerprint density at radius 1 is 1.09 bits per heavy atom. The molecule has 0 spiro atoms. The number of aryl methyl sites for hydroxylation is 1. The predicted octanol–water partition coefficient (Wildman–Crippen LogP) is 3.62. The molecule has 0 aliphatic heterocycles. The summed E-state index contributed by atoms with van der Waals surface area (Å²) in [6.45, 7) is 7.42. The van der Waals surface area contributed by atoms with E-state index in [1.807, 2.05) is 19.1 Å². The maximum atomic E-state index is 13.4. The van der Waals surface area contributed by atoms with Gasteiger partial charge in [0.1, 0.15) is 11.6 Å². The zero-order chi connectivity index (χ0) is 24.1. The Kier molecular flexibility index (Phi) is 8.25. The summed E-state index contributed by atoms with van der Waals surface area (Å²) < 4.78 is 38.0. The van der Waals surface area contributed by atoms with E-state index >= 15 is 0 Å². The van der Waals surface area contributed by atoms with E-state index in [1.165, 1.54) is 14.2 Å². The van der Waals surface area contributed by atoms with Crippen molar-refractivity contribution in [2.24, 2.45) is 0 Å². The molecule has 0 aromatic heterocycles. The smallest absolute Gasteiger partial charge is 0.407 e. The molecule has 0 heterocycles. The second-order valence-electron chi connectivity index (χ2n) is 8.56. The third kappa shape index (κ3) is 6.20. The lowest BCUT2D eigenvalue weighted by atomic mass is 10.1. The maximum Gasteiger partial charge on any atom is 0.407 e. The van der Waals surface area contributed by atoms with Crippen molar-refractivity contribution in [2.45, 2.75) is 57.1 Å². The molecule has 1 N–H and O–H groups in total. The molecule has 2 aromatic carbocycles. The van der Waals surface area contributed by atoms with Crippen molar-refractivity contribution in [3.63, 3.8) is 0 Å². The van der Waals surface area contributed by atoms with E-state index < -0.39 is 33.7 Å². The second kappa shape index (κ2) is 10.3. The third-order valence-electron chi connectivity index (χ3n) is 4.99. The van der Waals surface area contributed by atoms with E-state index in [0.29, 0.717) is 11.8 Å². The first-order valence-corrected chi connectivity index (χ1v) is 11.8. The van der Waals surface area contributed by atoms with Crippen molar-refractivity contribution >= 4 is 32.9 Å². The molecule has 0 saturated carbocycles. The Labute approximate surface area is 189 Å². The largest absolute Gasteiger partial charge is 0.468 e. The molecular formula is C23H32N2O6S. The molecule has 0 unspecified atom stereocenters. The van der Waals surface area contributed by atoms with Gasteiger partial charge in [0, 0.05) is 19.0 Å². The van der Waals surface area contributed by atoms with E-state index in [4.69, 9.17) is 9.47 Å². The third-order valence-corrected chi connectivity index (χ3v) is 6.92. The number of ether oxygens (including phenoxy) is 2. The van der Waals surface area contributed by atoms with Crippen LogP contribution >= 0.6 is 0 Å². The molecular weight excluding hydrogens is 432 g/mol. The molecule has 0 aliphatic rings. The number of sulfonamides is 1. The Hall–Kier alpha value is -2.65. The number of likely N-dealkylation sites (N-methyl/N-ethyl adjacent to an activating group) is 1. The van der Waals surface area contributed by atoms with Crippen LogP contribution in [0.2, 0.25) is 0 Å². The van der Waals surface area contributed by atoms with Crippen molar-refractivity contribution < 1.29 is 27.5 Å². The van der Waals surface area contributed by atoms with E-state index in [-0.39, 0.29) is 17.9 Å². The average molecular weight is 465 g/mol. The number of hydrogen-bond donors (Lipinski definition) is 1. The minimum atomic E-state index is -3.99. The number of carbonyl (C=O) groups is 2. The van der Waals surface area contributed by atoms with Crippen LogP contribution in [-0.4, -0.2) is 57.1 Å². The van der Waals surface area contributed by atoms with Gasteiger partial charge < -0.3 is 14.8 Å². The van der Waals surface area contributed by atoms with Crippen molar-refractivity contribution in [2.75, 3.05) is 20.7 Å². The zero-order valence-corrected chi connectivity index (χ0v) is 20.3. The van der Waals surface area contributed by atoms with Gasteiger partial charge in [-0.2, -0.15) is 4.31 Å². The number of alkyl carbamates (subject to hydrolysis) is 1. The molecule has 0 fully saturated rings. The monoisotopic (exact) mass is 464 g/mol. The molecule has 9 heteroatoms. The standard InChI is InChI=1S/C23H32N2O6S/c1-16-13-14-20(18-11-8-7-10-17(16)18)32(28,29)25(5)19(21(26)30-6)12-9-15-24-22(27)31-23(2,3)4/h7-8,10-11,13-14,19H,9,12,15H2,1-6H3,(H,24,27)/t19-/m0/s1. The number of nitrogens with zero attached hydrogens (tertiary/aromatic N) is 1. The lowest BCUT2D eigenvalue weighted by molar-refractivity contribution is -0.145. The number of amides is 1. The number of benzene rings is 2. The number of esters is 1. The molecule has 1 amide bonds. The maximum absolute atomic E-state index is 13.4. The first-order chi connectivity index (χ1) is 14.9. The minimum absolute atomic E-state index is 0.127. The quantitative estimate of drug-likeness (QED) is 0.473. The fourth-order valence-corrected chi connectivity index (χ4v) is 4.89. The molecule has 32 heavy (non-hydrogen) atoms. The van der Waals surface area contributed by atoms with Crippen molar-refractivity contribution in [1.82, 2.24) is 9.62 Å². The Bertz CT molecular complexity index is 1080. The summed E-state index contributed by atoms with van der Waals surface area (Å²) >= 11 is 0. The van der Waals surface area contributed by atoms with Gasteiger partial charge in [0.15, 0.2) is 0 Å². The van der Waals surface area contributed by atoms with E-state index in [1.54, 1.807) is 45.0 Å². The van der Waals surface area contributed by atoms with Gasteiger partial charge >= 0.3 is 12.1 Å². The number of hydrogen-bond acceptors (Lipinski definition) is 6. The summed E-state index contributed by atoms with van der Waals surface area (Å²) in [5, 5.41) is 4.03. The molecule has 2 rings (SSSR count). The molecule has 8 nitrogen and oxygen atoms in total. The van der Waals surface area contributed by atoms with Crippen LogP contribution < -0.4 is 5.32 Å². The lowest BCUT2D eigenvalue weighted by Gasteiger charge is -2.26. The number of methoxy groups -OCH3 is 1. The Balaban J connectivity index is 2.20. The van der Waals surface area contributed by atoms with Crippen LogP contribution in [0.25, 0.3) is 10.8 Å². The highest BCUT2D eigenvalue weighted by Gasteiger charge is 2.34. The van der Waals surface area contributed by atoms with Gasteiger partial charge in [0.2, 0.25) is 10.0 Å². The van der Waals surface area contributed by atoms with Crippen molar-refractivity contribution in [3.8, 4) is 0 Å². The molecule has 0 radical (unpaired) electrons. The molecule has 0 saturated heterocycles. The van der Waals surface area contributed by atoms with Gasteiger partial charge in [-0.05, 0) is 57.6 Å². The number of fused-ring (bicyclic) bond motifs is 1. The van der Waals surface area contributed by atoms with Gasteiger partial charge in [-0.25, -0.2) is 13.2 Å². The highest BCUT2D eigenvalue weighted by Crippen LogP contribution is 2.29. The van der Waals surface area contributed by atoms with Gasteiger partial charge in [0.05, 0.1) is 12.0 Å². The number of rotatable bonds is 8. The first-order valence-electron chi connectivity index (χ1n) is 10.4. The van der Waals surface area contributed by atoms with E-state index in [2.05, 4.69) is 5.32 Å². The van der Waals surface area contributed by atoms with Crippen LogP contribution in [0.5, 0.6) is 0 Å². The summed E-state index contributed by atoms with van der Waals surface area (Å²) in [4.78, 5) is 24.3. The van der Waals surface area contributed by atoms with Crippen LogP contribution in [0.15, 0.2) is 41.3 Å². The fraction of sp³-hybridized carbons (Fsp3) is 0.478. The summed E-state index contributed by atoms with van der Waals surface area (Å²) in [6, 6.07) is 9.52. The molecule has 0 bridgehead atoms. The number of nitrogens with one attached hydrogen (secondary N) is 1. The molecule has 0 aliphatic carbocycles. The van der Waals surface area contributed by atoms with Crippen LogP contribution in [0.3, 0.4) is 0 Å². The molecule has 1 atom stereocenters. The van der Waals surface area contributed by atoms with Gasteiger partial charge in [-0.3, -0.25) is 4.79 Å². The van der Waals surface area contributed by atoms with Crippen molar-refractivity contribution in [3.05, 3.63) is 42.0 Å².